The molecule has 2 aromatic rings. The minimum atomic E-state index is 0.0426. The summed E-state index contributed by atoms with van der Waals surface area (Å²) in [6.07, 6.45) is 0. The van der Waals surface area contributed by atoms with E-state index in [1.807, 2.05) is 22.4 Å². The first-order valence-corrected chi connectivity index (χ1v) is 8.39. The molecule has 3 rings (SSSR count). The van der Waals surface area contributed by atoms with Gasteiger partial charge in [-0.25, -0.2) is 4.98 Å². The molecule has 6 heteroatoms. The molecule has 5 nitrogen and oxygen atoms in total. The van der Waals surface area contributed by atoms with Gasteiger partial charge in [0.15, 0.2) is 5.13 Å². The van der Waals surface area contributed by atoms with E-state index in [-0.39, 0.29) is 5.91 Å². The Kier molecular flexibility index (Phi) is 4.40. The quantitative estimate of drug-likeness (QED) is 0.893. The normalized spacial score (nSPS) is 15.8. The van der Waals surface area contributed by atoms with Gasteiger partial charge in [-0.15, -0.1) is 11.3 Å². The summed E-state index contributed by atoms with van der Waals surface area (Å²) in [5.41, 5.74) is 2.73. The van der Waals surface area contributed by atoms with Gasteiger partial charge in [-0.2, -0.15) is 0 Å². The molecule has 1 fully saturated rings. The molecular weight excluding hydrogens is 296 g/mol. The van der Waals surface area contributed by atoms with E-state index in [4.69, 9.17) is 0 Å². The van der Waals surface area contributed by atoms with Gasteiger partial charge < -0.3 is 15.1 Å². The maximum Gasteiger partial charge on any atom is 0.273 e. The lowest BCUT2D eigenvalue weighted by Crippen LogP contribution is -3.12. The fourth-order valence-corrected chi connectivity index (χ4v) is 3.23. The van der Waals surface area contributed by atoms with Crippen molar-refractivity contribution in [1.82, 2.24) is 9.88 Å². The Labute approximate surface area is 134 Å². The first-order valence-electron chi connectivity index (χ1n) is 7.51. The average Bonchev–Trinajstić information content (AvgIpc) is 2.96. The van der Waals surface area contributed by atoms with Crippen LogP contribution < -0.4 is 10.2 Å². The van der Waals surface area contributed by atoms with Crippen molar-refractivity contribution in [2.45, 2.75) is 6.92 Å². The molecule has 0 atom stereocenters. The molecule has 1 saturated heterocycles. The summed E-state index contributed by atoms with van der Waals surface area (Å²) in [4.78, 5) is 20.3. The number of thiazole rings is 1. The van der Waals surface area contributed by atoms with Gasteiger partial charge in [0.25, 0.3) is 5.91 Å². The maximum atomic E-state index is 12.5. The summed E-state index contributed by atoms with van der Waals surface area (Å²) in [5, 5.41) is 5.86. The van der Waals surface area contributed by atoms with Gasteiger partial charge >= 0.3 is 0 Å². The summed E-state index contributed by atoms with van der Waals surface area (Å²) in [6.45, 7) is 5.68. The molecule has 2 heterocycles. The number of amides is 1. The number of carbonyl (C=O) groups excluding carboxylic acids is 1. The molecule has 1 amide bonds. The summed E-state index contributed by atoms with van der Waals surface area (Å²) in [7, 11) is 2.16. The third kappa shape index (κ3) is 3.45. The highest BCUT2D eigenvalue weighted by Crippen LogP contribution is 2.22. The average molecular weight is 317 g/mol. The number of rotatable bonds is 3. The Balaban J connectivity index is 1.67. The Morgan fingerprint density at radius 3 is 2.86 bits per heavy atom. The molecule has 0 saturated carbocycles. The lowest BCUT2D eigenvalue weighted by atomic mass is 10.2. The minimum absolute atomic E-state index is 0.0426. The number of aromatic nitrogens is 1. The second-order valence-corrected chi connectivity index (χ2v) is 6.64. The Hall–Kier alpha value is -1.92. The van der Waals surface area contributed by atoms with Crippen LogP contribution in [0.3, 0.4) is 0 Å². The van der Waals surface area contributed by atoms with Crippen molar-refractivity contribution in [2.24, 2.45) is 0 Å². The molecule has 0 spiro atoms. The van der Waals surface area contributed by atoms with E-state index >= 15 is 0 Å². The summed E-state index contributed by atoms with van der Waals surface area (Å²) in [5.74, 6) is 0.0426. The maximum absolute atomic E-state index is 12.5. The zero-order chi connectivity index (χ0) is 15.5. The summed E-state index contributed by atoms with van der Waals surface area (Å²) in [6, 6.07) is 8.12. The van der Waals surface area contributed by atoms with Gasteiger partial charge in [0.2, 0.25) is 0 Å². The number of anilines is 2. The van der Waals surface area contributed by atoms with Crippen LogP contribution in [0.5, 0.6) is 0 Å². The van der Waals surface area contributed by atoms with E-state index in [1.54, 1.807) is 0 Å². The van der Waals surface area contributed by atoms with E-state index in [2.05, 4.69) is 36.4 Å². The number of aryl methyl sites for hydroxylation is 1. The molecule has 0 radical (unpaired) electrons. The number of hydrogen-bond donors (Lipinski definition) is 2. The second-order valence-electron chi connectivity index (χ2n) is 5.78. The third-order valence-electron chi connectivity index (χ3n) is 3.90. The number of hydrogen-bond acceptors (Lipinski definition) is 4. The predicted molar refractivity (Wildman–Crippen MR) is 89.1 cm³/mol. The van der Waals surface area contributed by atoms with Crippen LogP contribution in [-0.2, 0) is 0 Å². The number of benzene rings is 1. The van der Waals surface area contributed by atoms with E-state index < -0.39 is 0 Å². The monoisotopic (exact) mass is 317 g/mol. The minimum Gasteiger partial charge on any atom is -0.334 e. The molecule has 0 bridgehead atoms. The standard InChI is InChI=1S/C16H20N4OS/c1-12-4-3-5-13(10-12)17-16-18-14(11-22-16)15(21)20-8-6-19(2)7-9-20/h3-5,10-11H,6-9H2,1-2H3,(H,17,18)/p+1. The van der Waals surface area contributed by atoms with Crippen LogP contribution in [0, 0.1) is 6.92 Å². The molecule has 0 aliphatic carbocycles. The van der Waals surface area contributed by atoms with Gasteiger partial charge in [-0.3, -0.25) is 4.79 Å². The summed E-state index contributed by atoms with van der Waals surface area (Å²) >= 11 is 1.47. The molecule has 1 aliphatic rings. The number of carbonyl (C=O) groups is 1. The Morgan fingerprint density at radius 1 is 1.36 bits per heavy atom. The second kappa shape index (κ2) is 6.46. The van der Waals surface area contributed by atoms with Crippen molar-refractivity contribution < 1.29 is 9.69 Å². The molecular formula is C16H21N4OS+. The predicted octanol–water partition coefficient (Wildman–Crippen LogP) is 1.17. The van der Waals surface area contributed by atoms with Crippen molar-refractivity contribution in [3.8, 4) is 0 Å². The molecule has 0 unspecified atom stereocenters. The van der Waals surface area contributed by atoms with E-state index in [0.717, 1.165) is 37.0 Å². The van der Waals surface area contributed by atoms with Crippen LogP contribution in [0.1, 0.15) is 16.1 Å². The van der Waals surface area contributed by atoms with Gasteiger partial charge in [-0.1, -0.05) is 12.1 Å². The third-order valence-corrected chi connectivity index (χ3v) is 4.65. The molecule has 2 N–H and O–H groups in total. The van der Waals surface area contributed by atoms with Crippen LogP contribution in [0.25, 0.3) is 0 Å². The summed E-state index contributed by atoms with van der Waals surface area (Å²) < 4.78 is 0. The van der Waals surface area contributed by atoms with Crippen molar-refractivity contribution >= 4 is 28.1 Å². The highest BCUT2D eigenvalue weighted by Gasteiger charge is 2.24. The highest BCUT2D eigenvalue weighted by atomic mass is 32.1. The first-order chi connectivity index (χ1) is 10.6. The lowest BCUT2D eigenvalue weighted by molar-refractivity contribution is -0.883. The fraction of sp³-hybridized carbons (Fsp3) is 0.375. The Morgan fingerprint density at radius 2 is 2.14 bits per heavy atom. The largest absolute Gasteiger partial charge is 0.334 e. The number of piperazine rings is 1. The number of quaternary nitrogens is 1. The zero-order valence-electron chi connectivity index (χ0n) is 12.9. The molecule has 1 aromatic carbocycles. The molecule has 1 aliphatic heterocycles. The SMILES string of the molecule is Cc1cccc(Nc2nc(C(=O)N3CC[NH+](C)CC3)cs2)c1. The topological polar surface area (TPSA) is 49.7 Å². The van der Waals surface area contributed by atoms with Crippen molar-refractivity contribution in [2.75, 3.05) is 38.5 Å². The number of likely N-dealkylation sites (N-methyl/N-ethyl adjacent to an activating group) is 1. The van der Waals surface area contributed by atoms with Gasteiger partial charge in [0.05, 0.1) is 33.2 Å². The fourth-order valence-electron chi connectivity index (χ4n) is 2.53. The van der Waals surface area contributed by atoms with E-state index in [9.17, 15) is 4.79 Å². The van der Waals surface area contributed by atoms with Crippen LogP contribution in [-0.4, -0.2) is 49.0 Å². The van der Waals surface area contributed by atoms with Gasteiger partial charge in [-0.05, 0) is 24.6 Å². The van der Waals surface area contributed by atoms with E-state index in [1.165, 1.54) is 21.8 Å². The van der Waals surface area contributed by atoms with Gasteiger partial charge in [0, 0.05) is 11.1 Å². The molecule has 22 heavy (non-hydrogen) atoms. The molecule has 1 aromatic heterocycles. The van der Waals surface area contributed by atoms with Crippen molar-refractivity contribution in [1.29, 1.82) is 0 Å². The number of nitrogens with one attached hydrogen (secondary N) is 2. The van der Waals surface area contributed by atoms with Crippen LogP contribution in [0.15, 0.2) is 29.6 Å². The number of nitrogens with zero attached hydrogens (tertiary/aromatic N) is 2. The Bertz CT molecular complexity index is 662. The van der Waals surface area contributed by atoms with Crippen molar-refractivity contribution in [3.05, 3.63) is 40.9 Å². The van der Waals surface area contributed by atoms with Crippen LogP contribution >= 0.6 is 11.3 Å². The first kappa shape index (κ1) is 15.0. The molecule has 116 valence electrons. The smallest absolute Gasteiger partial charge is 0.273 e. The highest BCUT2D eigenvalue weighted by molar-refractivity contribution is 7.14. The van der Waals surface area contributed by atoms with Crippen molar-refractivity contribution in [3.63, 3.8) is 0 Å². The lowest BCUT2D eigenvalue weighted by Gasteiger charge is -2.29. The zero-order valence-corrected chi connectivity index (χ0v) is 13.7. The van der Waals surface area contributed by atoms with Gasteiger partial charge in [0.1, 0.15) is 5.69 Å². The van der Waals surface area contributed by atoms with Crippen LogP contribution in [0.2, 0.25) is 0 Å². The van der Waals surface area contributed by atoms with E-state index in [0.29, 0.717) is 5.69 Å². The van der Waals surface area contributed by atoms with Crippen LogP contribution in [0.4, 0.5) is 10.8 Å².